The van der Waals surface area contributed by atoms with Crippen molar-refractivity contribution in [2.24, 2.45) is 0 Å². The van der Waals surface area contributed by atoms with Crippen LogP contribution in [0.4, 0.5) is 0 Å². The first-order valence-electron chi connectivity index (χ1n) is 14.3. The van der Waals surface area contributed by atoms with Crippen LogP contribution in [-0.2, 0) is 21.8 Å². The normalized spacial score (nSPS) is 13.4. The molecule has 0 saturated heterocycles. The Bertz CT molecular complexity index is 1390. The standard InChI is InChI=1S/C37H47OPS/c1-24-12-16-26(17-13-24)37(38,27-18-14-25(2)15-19-27)31-20-21-32(40-31)39-33-29(35(6,7)8)22-28(34(3,4)5)23-30(33)36(9,10)11/h12-23,38-39H,1-11H3. The van der Waals surface area contributed by atoms with E-state index < -0.39 is 5.60 Å². The van der Waals surface area contributed by atoms with Crippen molar-refractivity contribution >= 4 is 29.8 Å². The Morgan fingerprint density at radius 3 is 1.35 bits per heavy atom. The SMILES string of the molecule is Cc1ccc(C(O)(c2ccc(C)cc2)c2ccc(Pc3c(C(C)(C)C)cc(C(C)(C)C)cc3C(C)(C)C)s2)cc1. The molecule has 0 fully saturated rings. The third-order valence-corrected chi connectivity index (χ3v) is 10.6. The molecule has 0 aliphatic carbocycles. The van der Waals surface area contributed by atoms with Gasteiger partial charge in [-0.05, 0) is 83.9 Å². The Balaban J connectivity index is 1.88. The average Bonchev–Trinajstić information content (AvgIpc) is 3.31. The number of thiophene rings is 1. The molecule has 1 N–H and O–H groups in total. The molecule has 212 valence electrons. The minimum absolute atomic E-state index is 0.0220. The van der Waals surface area contributed by atoms with E-state index in [1.807, 2.05) is 0 Å². The van der Waals surface area contributed by atoms with Crippen LogP contribution in [-0.4, -0.2) is 5.11 Å². The highest BCUT2D eigenvalue weighted by Crippen LogP contribution is 2.41. The number of hydrogen-bond acceptors (Lipinski definition) is 2. The van der Waals surface area contributed by atoms with E-state index in [4.69, 9.17) is 0 Å². The highest BCUT2D eigenvalue weighted by molar-refractivity contribution is 7.63. The van der Waals surface area contributed by atoms with E-state index in [-0.39, 0.29) is 16.2 Å². The van der Waals surface area contributed by atoms with E-state index in [0.29, 0.717) is 8.58 Å². The minimum Gasteiger partial charge on any atom is -0.375 e. The van der Waals surface area contributed by atoms with Crippen molar-refractivity contribution in [1.82, 2.24) is 0 Å². The molecular weight excluding hydrogens is 523 g/mol. The average molecular weight is 571 g/mol. The second kappa shape index (κ2) is 10.9. The zero-order valence-electron chi connectivity index (χ0n) is 26.3. The molecule has 4 aromatic rings. The molecule has 4 rings (SSSR count). The Morgan fingerprint density at radius 1 is 0.550 bits per heavy atom. The molecule has 3 aromatic carbocycles. The maximum absolute atomic E-state index is 12.5. The first-order valence-corrected chi connectivity index (χ1v) is 16.2. The van der Waals surface area contributed by atoms with Gasteiger partial charge in [-0.25, -0.2) is 0 Å². The summed E-state index contributed by atoms with van der Waals surface area (Å²) in [6, 6.07) is 25.9. The molecule has 0 spiro atoms. The van der Waals surface area contributed by atoms with E-state index in [9.17, 15) is 5.11 Å². The van der Waals surface area contributed by atoms with Gasteiger partial charge in [0.2, 0.25) is 0 Å². The molecule has 3 heteroatoms. The molecule has 0 aliphatic rings. The number of aryl methyl sites for hydroxylation is 2. The zero-order valence-corrected chi connectivity index (χ0v) is 28.1. The smallest absolute Gasteiger partial charge is 0.149 e. The predicted molar refractivity (Wildman–Crippen MR) is 179 cm³/mol. The molecule has 40 heavy (non-hydrogen) atoms. The fourth-order valence-corrected chi connectivity index (χ4v) is 8.47. The Labute approximate surface area is 248 Å². The van der Waals surface area contributed by atoms with Crippen LogP contribution in [0.25, 0.3) is 0 Å². The van der Waals surface area contributed by atoms with Crippen LogP contribution in [0.2, 0.25) is 0 Å². The quantitative estimate of drug-likeness (QED) is 0.237. The molecule has 0 amide bonds. The maximum Gasteiger partial charge on any atom is 0.149 e. The van der Waals surface area contributed by atoms with Gasteiger partial charge in [0.15, 0.2) is 0 Å². The summed E-state index contributed by atoms with van der Waals surface area (Å²) in [4.78, 5) is 0.962. The molecule has 1 heterocycles. The lowest BCUT2D eigenvalue weighted by Crippen LogP contribution is -2.31. The van der Waals surface area contributed by atoms with Gasteiger partial charge in [0.1, 0.15) is 5.60 Å². The second-order valence-electron chi connectivity index (χ2n) is 14.4. The molecular formula is C37H47OPS. The summed E-state index contributed by atoms with van der Waals surface area (Å²) in [5.74, 6) is 0. The monoisotopic (exact) mass is 570 g/mol. The third-order valence-electron chi connectivity index (χ3n) is 7.77. The summed E-state index contributed by atoms with van der Waals surface area (Å²) in [6.45, 7) is 25.1. The van der Waals surface area contributed by atoms with Gasteiger partial charge in [0.25, 0.3) is 0 Å². The van der Waals surface area contributed by atoms with Crippen LogP contribution in [0.1, 0.15) is 106 Å². The summed E-state index contributed by atoms with van der Waals surface area (Å²) in [5.41, 5.74) is 7.37. The van der Waals surface area contributed by atoms with Crippen LogP contribution >= 0.6 is 19.9 Å². The second-order valence-corrected chi connectivity index (χ2v) is 17.2. The molecule has 1 atom stereocenters. The Morgan fingerprint density at radius 2 is 0.975 bits per heavy atom. The van der Waals surface area contributed by atoms with Crippen molar-refractivity contribution in [3.05, 3.63) is 117 Å². The number of aliphatic hydroxyl groups is 1. The summed E-state index contributed by atoms with van der Waals surface area (Å²) < 4.78 is 1.30. The first-order chi connectivity index (χ1) is 18.4. The van der Waals surface area contributed by atoms with E-state index in [2.05, 4.69) is 149 Å². The molecule has 0 aliphatic heterocycles. The van der Waals surface area contributed by atoms with E-state index in [1.54, 1.807) is 11.3 Å². The number of benzene rings is 3. The summed E-state index contributed by atoms with van der Waals surface area (Å²) >= 11 is 1.74. The maximum atomic E-state index is 12.5. The van der Waals surface area contributed by atoms with Crippen LogP contribution in [0.15, 0.2) is 72.8 Å². The van der Waals surface area contributed by atoms with Gasteiger partial charge < -0.3 is 5.11 Å². The molecule has 0 radical (unpaired) electrons. The first kappa shape index (κ1) is 30.7. The zero-order chi connectivity index (χ0) is 29.7. The van der Waals surface area contributed by atoms with Gasteiger partial charge >= 0.3 is 0 Å². The largest absolute Gasteiger partial charge is 0.375 e. The third kappa shape index (κ3) is 6.30. The van der Waals surface area contributed by atoms with Crippen LogP contribution in [0.5, 0.6) is 0 Å². The van der Waals surface area contributed by atoms with Crippen molar-refractivity contribution in [3.8, 4) is 0 Å². The molecule has 0 saturated carbocycles. The minimum atomic E-state index is -1.20. The van der Waals surface area contributed by atoms with E-state index in [1.165, 1.54) is 37.7 Å². The van der Waals surface area contributed by atoms with Crippen molar-refractivity contribution in [1.29, 1.82) is 0 Å². The van der Waals surface area contributed by atoms with Crippen LogP contribution < -0.4 is 9.92 Å². The van der Waals surface area contributed by atoms with E-state index >= 15 is 0 Å². The lowest BCUT2D eigenvalue weighted by atomic mass is 9.75. The molecule has 1 aromatic heterocycles. The number of rotatable bonds is 5. The van der Waals surface area contributed by atoms with Gasteiger partial charge in [0, 0.05) is 9.50 Å². The van der Waals surface area contributed by atoms with Crippen LogP contribution in [0, 0.1) is 13.8 Å². The Hall–Kier alpha value is -2.25. The number of hydrogen-bond donors (Lipinski definition) is 1. The topological polar surface area (TPSA) is 20.2 Å². The highest BCUT2D eigenvalue weighted by atomic mass is 32.1. The van der Waals surface area contributed by atoms with Gasteiger partial charge in [-0.15, -0.1) is 11.3 Å². The van der Waals surface area contributed by atoms with Crippen molar-refractivity contribution in [2.75, 3.05) is 0 Å². The fourth-order valence-electron chi connectivity index (χ4n) is 5.16. The lowest BCUT2D eigenvalue weighted by Gasteiger charge is -2.33. The molecule has 0 bridgehead atoms. The van der Waals surface area contributed by atoms with E-state index in [0.717, 1.165) is 16.0 Å². The lowest BCUT2D eigenvalue weighted by molar-refractivity contribution is 0.129. The van der Waals surface area contributed by atoms with Crippen molar-refractivity contribution in [3.63, 3.8) is 0 Å². The summed E-state index contributed by atoms with van der Waals surface area (Å²) in [7, 11) is 0.520. The predicted octanol–water partition coefficient (Wildman–Crippen LogP) is 9.17. The molecule has 1 unspecified atom stereocenters. The summed E-state index contributed by atoms with van der Waals surface area (Å²) in [6.07, 6.45) is 0. The van der Waals surface area contributed by atoms with Gasteiger partial charge in [-0.2, -0.15) is 0 Å². The van der Waals surface area contributed by atoms with Gasteiger partial charge in [-0.1, -0.05) is 134 Å². The Kier molecular flexibility index (Phi) is 8.34. The summed E-state index contributed by atoms with van der Waals surface area (Å²) in [5, 5.41) is 13.9. The van der Waals surface area contributed by atoms with Crippen LogP contribution in [0.3, 0.4) is 0 Å². The van der Waals surface area contributed by atoms with Gasteiger partial charge in [-0.3, -0.25) is 0 Å². The van der Waals surface area contributed by atoms with Crippen molar-refractivity contribution < 1.29 is 5.11 Å². The highest BCUT2D eigenvalue weighted by Gasteiger charge is 2.36. The molecule has 1 nitrogen and oxygen atoms in total. The van der Waals surface area contributed by atoms with Crippen molar-refractivity contribution in [2.45, 2.75) is 98.0 Å². The van der Waals surface area contributed by atoms with Gasteiger partial charge in [0.05, 0.1) is 0 Å². The fraction of sp³-hybridized carbons (Fsp3) is 0.405.